The number of ketones is 1. The van der Waals surface area contributed by atoms with Crippen molar-refractivity contribution >= 4 is 11.8 Å². The third-order valence-electron chi connectivity index (χ3n) is 1.99. The molecule has 16 heavy (non-hydrogen) atoms. The molecule has 0 unspecified atom stereocenters. The SMILES string of the molecule is O=C(O)C(=O)c1cnc2c(=O)[nH]n(O)cc1-2. The van der Waals surface area contributed by atoms with Gasteiger partial charge >= 0.3 is 5.97 Å². The van der Waals surface area contributed by atoms with Crippen LogP contribution >= 0.6 is 0 Å². The minimum atomic E-state index is -1.65. The van der Waals surface area contributed by atoms with Gasteiger partial charge in [0.25, 0.3) is 11.3 Å². The number of hydrogen-bond acceptors (Lipinski definition) is 5. The number of carbonyl (C=O) groups excluding carboxylic acids is 1. The van der Waals surface area contributed by atoms with E-state index in [4.69, 9.17) is 10.3 Å². The second kappa shape index (κ2) is 3.19. The topological polar surface area (TPSA) is 125 Å². The molecule has 0 radical (unpaired) electrons. The Morgan fingerprint density at radius 3 is 2.75 bits per heavy atom. The van der Waals surface area contributed by atoms with Gasteiger partial charge in [0.1, 0.15) is 5.69 Å². The van der Waals surface area contributed by atoms with Gasteiger partial charge in [0, 0.05) is 11.8 Å². The number of rotatable bonds is 2. The van der Waals surface area contributed by atoms with E-state index >= 15 is 0 Å². The van der Waals surface area contributed by atoms with Crippen LogP contribution in [0.5, 0.6) is 0 Å². The third kappa shape index (κ3) is 1.32. The first-order chi connectivity index (χ1) is 7.50. The van der Waals surface area contributed by atoms with E-state index in [9.17, 15) is 14.4 Å². The Morgan fingerprint density at radius 2 is 2.12 bits per heavy atom. The van der Waals surface area contributed by atoms with Gasteiger partial charge in [-0.1, -0.05) is 0 Å². The number of carboxylic acid groups (broad SMARTS) is 1. The summed E-state index contributed by atoms with van der Waals surface area (Å²) in [4.78, 5) is 36.9. The van der Waals surface area contributed by atoms with Crippen molar-refractivity contribution in [2.24, 2.45) is 0 Å². The molecule has 0 aliphatic carbocycles. The van der Waals surface area contributed by atoms with Gasteiger partial charge in [-0.05, 0) is 0 Å². The third-order valence-corrected chi connectivity index (χ3v) is 1.99. The quantitative estimate of drug-likeness (QED) is 0.347. The number of Topliss-reactive ketones (excluding diaryl/α,β-unsaturated/α-hetero) is 1. The van der Waals surface area contributed by atoms with Crippen LogP contribution in [-0.4, -0.2) is 37.0 Å². The molecule has 0 aromatic heterocycles. The van der Waals surface area contributed by atoms with Crippen LogP contribution in [-0.2, 0) is 4.79 Å². The van der Waals surface area contributed by atoms with Crippen molar-refractivity contribution in [3.8, 4) is 11.3 Å². The van der Waals surface area contributed by atoms with E-state index < -0.39 is 17.3 Å². The first-order valence-corrected chi connectivity index (χ1v) is 4.08. The molecule has 0 saturated heterocycles. The largest absolute Gasteiger partial charge is 0.475 e. The van der Waals surface area contributed by atoms with E-state index in [0.717, 1.165) is 12.4 Å². The van der Waals surface area contributed by atoms with Crippen LogP contribution in [0.2, 0.25) is 0 Å². The zero-order valence-corrected chi connectivity index (χ0v) is 7.67. The van der Waals surface area contributed by atoms with E-state index in [2.05, 4.69) is 4.98 Å². The van der Waals surface area contributed by atoms with Crippen LogP contribution in [0.3, 0.4) is 0 Å². The maximum absolute atomic E-state index is 11.2. The molecule has 0 saturated carbocycles. The summed E-state index contributed by atoms with van der Waals surface area (Å²) in [5, 5.41) is 19.6. The van der Waals surface area contributed by atoms with Crippen LogP contribution < -0.4 is 5.56 Å². The molecule has 2 rings (SSSR count). The highest BCUT2D eigenvalue weighted by molar-refractivity contribution is 6.41. The molecule has 0 fully saturated rings. The summed E-state index contributed by atoms with van der Waals surface area (Å²) in [5.74, 6) is -2.84. The average Bonchev–Trinajstić information content (AvgIpc) is 2.60. The average molecular weight is 223 g/mol. The van der Waals surface area contributed by atoms with Gasteiger partial charge in [0.05, 0.1) is 11.8 Å². The van der Waals surface area contributed by atoms with E-state index in [1.807, 2.05) is 5.10 Å². The Balaban J connectivity index is 2.70. The summed E-state index contributed by atoms with van der Waals surface area (Å²) >= 11 is 0. The second-order valence-corrected chi connectivity index (χ2v) is 2.98. The molecule has 0 atom stereocenters. The number of nitrogens with one attached hydrogen (secondary N) is 1. The molecule has 2 aliphatic heterocycles. The van der Waals surface area contributed by atoms with E-state index in [1.54, 1.807) is 0 Å². The van der Waals surface area contributed by atoms with Crippen molar-refractivity contribution in [2.45, 2.75) is 0 Å². The summed E-state index contributed by atoms with van der Waals surface area (Å²) in [6.07, 6.45) is 1.98. The lowest BCUT2D eigenvalue weighted by atomic mass is 10.1. The van der Waals surface area contributed by atoms with Gasteiger partial charge in [0.15, 0.2) is 0 Å². The Hall–Kier alpha value is -2.64. The summed E-state index contributed by atoms with van der Waals surface area (Å²) < 4.78 is 0. The molecule has 0 aromatic rings. The van der Waals surface area contributed by atoms with Crippen LogP contribution in [0.15, 0.2) is 17.2 Å². The van der Waals surface area contributed by atoms with E-state index in [1.165, 1.54) is 0 Å². The van der Waals surface area contributed by atoms with Crippen LogP contribution in [0.4, 0.5) is 0 Å². The molecule has 0 amide bonds. The molecule has 8 heteroatoms. The van der Waals surface area contributed by atoms with Crippen LogP contribution in [0, 0.1) is 0 Å². The van der Waals surface area contributed by atoms with Crippen molar-refractivity contribution in [3.63, 3.8) is 0 Å². The summed E-state index contributed by atoms with van der Waals surface area (Å²) in [7, 11) is 0. The minimum Gasteiger partial charge on any atom is -0.475 e. The van der Waals surface area contributed by atoms with Gasteiger partial charge < -0.3 is 10.3 Å². The number of aliphatic carboxylic acids is 1. The summed E-state index contributed by atoms with van der Waals surface area (Å²) in [6, 6.07) is 0. The molecular formula is C8H5N3O5. The Bertz CT molecular complexity index is 611. The molecular weight excluding hydrogens is 218 g/mol. The van der Waals surface area contributed by atoms with Crippen molar-refractivity contribution < 1.29 is 19.9 Å². The molecule has 3 N–H and O–H groups in total. The Kier molecular flexibility index (Phi) is 1.97. The molecule has 0 bridgehead atoms. The zero-order chi connectivity index (χ0) is 11.9. The lowest BCUT2D eigenvalue weighted by Gasteiger charge is -2.01. The first-order valence-electron chi connectivity index (χ1n) is 4.08. The highest BCUT2D eigenvalue weighted by Crippen LogP contribution is 2.20. The van der Waals surface area contributed by atoms with Gasteiger partial charge in [-0.25, -0.2) is 14.9 Å². The molecule has 2 heterocycles. The maximum Gasteiger partial charge on any atom is 0.377 e. The number of aromatic amines is 1. The number of nitrogens with zero attached hydrogens (tertiary/aromatic N) is 2. The fourth-order valence-electron chi connectivity index (χ4n) is 1.32. The predicted octanol–water partition coefficient (Wildman–Crippen LogP) is -0.819. The number of carboxylic acids is 1. The number of hydrogen-bond donors (Lipinski definition) is 3. The Labute approximate surface area is 87.1 Å². The molecule has 82 valence electrons. The predicted molar refractivity (Wildman–Crippen MR) is 48.6 cm³/mol. The molecule has 0 aromatic carbocycles. The summed E-state index contributed by atoms with van der Waals surface area (Å²) in [5.41, 5.74) is -1.07. The maximum atomic E-state index is 11.2. The number of H-pyrrole nitrogens is 1. The van der Waals surface area contributed by atoms with Crippen molar-refractivity contribution in [1.29, 1.82) is 0 Å². The fourth-order valence-corrected chi connectivity index (χ4v) is 1.32. The smallest absolute Gasteiger partial charge is 0.377 e. The van der Waals surface area contributed by atoms with Gasteiger partial charge in [-0.15, -0.1) is 4.85 Å². The standard InChI is InChI=1S/C8H5N3O5/c12-6(8(14)15)3-1-9-5-4(3)2-11(16)10-7(5)13/h1-2,16H,(H,10,13)(H,14,15). The highest BCUT2D eigenvalue weighted by atomic mass is 16.5. The minimum absolute atomic E-state index is 0.0151. The zero-order valence-electron chi connectivity index (χ0n) is 7.67. The number of carbonyl (C=O) groups is 2. The summed E-state index contributed by atoms with van der Waals surface area (Å²) in [6.45, 7) is 0. The fraction of sp³-hybridized carbons (Fsp3) is 0. The Morgan fingerprint density at radius 1 is 1.44 bits per heavy atom. The van der Waals surface area contributed by atoms with Gasteiger partial charge in [-0.2, -0.15) is 0 Å². The number of aromatic nitrogens is 3. The van der Waals surface area contributed by atoms with E-state index in [-0.39, 0.29) is 16.8 Å². The van der Waals surface area contributed by atoms with Crippen LogP contribution in [0.25, 0.3) is 11.3 Å². The monoisotopic (exact) mass is 223 g/mol. The second-order valence-electron chi connectivity index (χ2n) is 2.98. The highest BCUT2D eigenvalue weighted by Gasteiger charge is 2.24. The van der Waals surface area contributed by atoms with Gasteiger partial charge in [-0.3, -0.25) is 9.59 Å². The van der Waals surface area contributed by atoms with Crippen LogP contribution in [0.1, 0.15) is 10.4 Å². The lowest BCUT2D eigenvalue weighted by Crippen LogP contribution is -2.19. The molecule has 0 spiro atoms. The molecule has 8 nitrogen and oxygen atoms in total. The van der Waals surface area contributed by atoms with E-state index in [0.29, 0.717) is 4.85 Å². The van der Waals surface area contributed by atoms with Crippen molar-refractivity contribution in [2.75, 3.05) is 0 Å². The molecule has 2 aliphatic rings. The van der Waals surface area contributed by atoms with Crippen molar-refractivity contribution in [1.82, 2.24) is 14.9 Å². The number of fused-ring (bicyclic) bond motifs is 1. The first kappa shape index (κ1) is 9.90. The normalized spacial score (nSPS) is 10.5. The lowest BCUT2D eigenvalue weighted by molar-refractivity contribution is -0.131. The van der Waals surface area contributed by atoms with Gasteiger partial charge in [0.2, 0.25) is 0 Å². The van der Waals surface area contributed by atoms with Crippen molar-refractivity contribution in [3.05, 3.63) is 28.3 Å².